The second-order valence-electron chi connectivity index (χ2n) is 10.0. The van der Waals surface area contributed by atoms with Gasteiger partial charge in [-0.25, -0.2) is 0 Å². The molecular weight excluding hydrogens is 422 g/mol. The molecule has 1 spiro atoms. The first-order valence-electron chi connectivity index (χ1n) is 11.9. The number of ether oxygens (including phenoxy) is 1. The van der Waals surface area contributed by atoms with Crippen LogP contribution in [0.25, 0.3) is 0 Å². The van der Waals surface area contributed by atoms with Crippen LogP contribution < -0.4 is 10.6 Å². The third kappa shape index (κ3) is 3.37. The molecule has 3 amide bonds. The number of aliphatic hydroxyl groups is 1. The normalized spacial score (nSPS) is 34.5. The van der Waals surface area contributed by atoms with Crippen molar-refractivity contribution in [2.24, 2.45) is 17.8 Å². The molecule has 3 heterocycles. The summed E-state index contributed by atoms with van der Waals surface area (Å²) in [5.74, 6) is -2.29. The first kappa shape index (κ1) is 23.7. The molecule has 33 heavy (non-hydrogen) atoms. The average Bonchev–Trinajstić information content (AvgIpc) is 3.26. The van der Waals surface area contributed by atoms with Crippen LogP contribution in [0.1, 0.15) is 44.7 Å². The third-order valence-corrected chi connectivity index (χ3v) is 7.96. The fraction of sp³-hybridized carbons (Fsp3) is 0.640. The summed E-state index contributed by atoms with van der Waals surface area (Å²) in [5.41, 5.74) is 0.617. The molecule has 0 radical (unpaired) electrons. The van der Waals surface area contributed by atoms with Gasteiger partial charge in [-0.2, -0.15) is 0 Å². The Balaban J connectivity index is 1.76. The first-order valence-corrected chi connectivity index (χ1v) is 11.9. The highest BCUT2D eigenvalue weighted by molar-refractivity contribution is 6.04. The number of para-hydroxylation sites is 1. The number of amides is 3. The molecule has 3 unspecified atom stereocenters. The Kier molecular flexibility index (Phi) is 6.03. The van der Waals surface area contributed by atoms with E-state index in [1.807, 2.05) is 52.8 Å². The van der Waals surface area contributed by atoms with Gasteiger partial charge >= 0.3 is 0 Å². The molecule has 0 aliphatic carbocycles. The van der Waals surface area contributed by atoms with Crippen molar-refractivity contribution in [3.8, 4) is 0 Å². The van der Waals surface area contributed by atoms with Gasteiger partial charge in [-0.3, -0.25) is 14.4 Å². The highest BCUT2D eigenvalue weighted by Gasteiger charge is 2.79. The van der Waals surface area contributed by atoms with E-state index < -0.39 is 29.1 Å². The van der Waals surface area contributed by atoms with Crippen LogP contribution in [0.2, 0.25) is 0 Å². The molecule has 1 aromatic carbocycles. The first-order chi connectivity index (χ1) is 15.6. The number of hydrogen-bond donors (Lipinski definition) is 3. The largest absolute Gasteiger partial charge is 0.395 e. The van der Waals surface area contributed by atoms with Gasteiger partial charge in [0.25, 0.3) is 0 Å². The Labute approximate surface area is 195 Å². The number of β-amino-alcohol motifs (C(OH)–C–C–N with tert-alkyl or cyclic N) is 1. The number of aliphatic hydroxyl groups excluding tert-OH is 1. The number of rotatable bonds is 7. The summed E-state index contributed by atoms with van der Waals surface area (Å²) in [6.07, 6.45) is 1.29. The number of carbonyl (C=O) groups is 3. The number of benzene rings is 1. The average molecular weight is 458 g/mol. The van der Waals surface area contributed by atoms with Crippen molar-refractivity contribution in [2.75, 3.05) is 25.0 Å². The maximum Gasteiger partial charge on any atom is 0.250 e. The lowest BCUT2D eigenvalue weighted by molar-refractivity contribution is -0.146. The van der Waals surface area contributed by atoms with Crippen LogP contribution in [0.5, 0.6) is 0 Å². The maximum absolute atomic E-state index is 13.8. The zero-order valence-corrected chi connectivity index (χ0v) is 20.1. The SMILES string of the molecule is CCCNC(=O)[C@@H]1[C@H]2C(=O)N(CCO)C(C(=O)Nc3c(C)cccc3C)C23CC(C)[C@@]1(C)O3. The molecule has 3 fully saturated rings. The molecule has 3 N–H and O–H groups in total. The molecule has 3 aliphatic rings. The summed E-state index contributed by atoms with van der Waals surface area (Å²) in [6, 6.07) is 4.85. The maximum atomic E-state index is 13.8. The molecule has 1 aromatic rings. The highest BCUT2D eigenvalue weighted by atomic mass is 16.5. The van der Waals surface area contributed by atoms with Crippen molar-refractivity contribution in [3.63, 3.8) is 0 Å². The molecule has 0 aromatic heterocycles. The van der Waals surface area contributed by atoms with Crippen LogP contribution in [-0.2, 0) is 19.1 Å². The summed E-state index contributed by atoms with van der Waals surface area (Å²) < 4.78 is 6.61. The topological polar surface area (TPSA) is 108 Å². The van der Waals surface area contributed by atoms with Crippen molar-refractivity contribution in [3.05, 3.63) is 29.3 Å². The van der Waals surface area contributed by atoms with E-state index in [-0.39, 0.29) is 36.8 Å². The summed E-state index contributed by atoms with van der Waals surface area (Å²) >= 11 is 0. The van der Waals surface area contributed by atoms with E-state index >= 15 is 0 Å². The quantitative estimate of drug-likeness (QED) is 0.578. The molecule has 3 saturated heterocycles. The summed E-state index contributed by atoms with van der Waals surface area (Å²) in [4.78, 5) is 42.1. The summed E-state index contributed by atoms with van der Waals surface area (Å²) in [6.45, 7) is 9.98. The highest BCUT2D eigenvalue weighted by Crippen LogP contribution is 2.65. The van der Waals surface area contributed by atoms with Crippen LogP contribution in [0.15, 0.2) is 18.2 Å². The van der Waals surface area contributed by atoms with Gasteiger partial charge in [-0.15, -0.1) is 0 Å². The van der Waals surface area contributed by atoms with E-state index in [2.05, 4.69) is 10.6 Å². The number of anilines is 1. The Hall–Kier alpha value is -2.45. The fourth-order valence-corrected chi connectivity index (χ4v) is 6.35. The Morgan fingerprint density at radius 3 is 2.52 bits per heavy atom. The van der Waals surface area contributed by atoms with Crippen LogP contribution in [0, 0.1) is 31.6 Å². The lowest BCUT2D eigenvalue weighted by atomic mass is 9.62. The molecule has 8 nitrogen and oxygen atoms in total. The Morgan fingerprint density at radius 2 is 1.91 bits per heavy atom. The van der Waals surface area contributed by atoms with Crippen molar-refractivity contribution in [1.29, 1.82) is 0 Å². The summed E-state index contributed by atoms with van der Waals surface area (Å²) in [5, 5.41) is 15.7. The fourth-order valence-electron chi connectivity index (χ4n) is 6.35. The molecule has 4 rings (SSSR count). The molecule has 8 heteroatoms. The van der Waals surface area contributed by atoms with Crippen LogP contribution >= 0.6 is 0 Å². The van der Waals surface area contributed by atoms with Crippen molar-refractivity contribution in [2.45, 2.75) is 64.7 Å². The van der Waals surface area contributed by atoms with Crippen molar-refractivity contribution >= 4 is 23.4 Å². The minimum Gasteiger partial charge on any atom is -0.395 e. The van der Waals surface area contributed by atoms with E-state index in [1.165, 1.54) is 4.90 Å². The Bertz CT molecular complexity index is 961. The van der Waals surface area contributed by atoms with Gasteiger partial charge in [-0.05, 0) is 50.7 Å². The second-order valence-corrected chi connectivity index (χ2v) is 10.0. The minimum atomic E-state index is -1.10. The number of likely N-dealkylation sites (tertiary alicyclic amines) is 1. The molecule has 6 atom stereocenters. The minimum absolute atomic E-state index is 0.0106. The number of carbonyl (C=O) groups excluding carboxylic acids is 3. The van der Waals surface area contributed by atoms with Crippen LogP contribution in [-0.4, -0.2) is 64.7 Å². The predicted octanol–water partition coefficient (Wildman–Crippen LogP) is 1.77. The summed E-state index contributed by atoms with van der Waals surface area (Å²) in [7, 11) is 0. The monoisotopic (exact) mass is 457 g/mol. The van der Waals surface area contributed by atoms with E-state index in [0.29, 0.717) is 18.7 Å². The van der Waals surface area contributed by atoms with E-state index in [4.69, 9.17) is 4.74 Å². The smallest absolute Gasteiger partial charge is 0.250 e. The van der Waals surface area contributed by atoms with Crippen molar-refractivity contribution in [1.82, 2.24) is 10.2 Å². The van der Waals surface area contributed by atoms with Crippen LogP contribution in [0.4, 0.5) is 5.69 Å². The number of nitrogens with one attached hydrogen (secondary N) is 2. The molecular formula is C25H35N3O5. The number of nitrogens with zero attached hydrogens (tertiary/aromatic N) is 1. The zero-order chi connectivity index (χ0) is 24.1. The third-order valence-electron chi connectivity index (χ3n) is 7.96. The van der Waals surface area contributed by atoms with Gasteiger partial charge in [0.15, 0.2) is 0 Å². The lowest BCUT2D eigenvalue weighted by Crippen LogP contribution is -2.54. The van der Waals surface area contributed by atoms with Gasteiger partial charge in [0.2, 0.25) is 17.7 Å². The zero-order valence-electron chi connectivity index (χ0n) is 20.1. The van der Waals surface area contributed by atoms with Crippen molar-refractivity contribution < 1.29 is 24.2 Å². The predicted molar refractivity (Wildman–Crippen MR) is 123 cm³/mol. The molecule has 180 valence electrons. The number of fused-ring (bicyclic) bond motifs is 1. The van der Waals surface area contributed by atoms with Gasteiger partial charge in [0, 0.05) is 18.8 Å². The Morgan fingerprint density at radius 1 is 1.24 bits per heavy atom. The second kappa shape index (κ2) is 8.40. The van der Waals surface area contributed by atoms with E-state index in [0.717, 1.165) is 17.5 Å². The molecule has 0 saturated carbocycles. The molecule has 3 aliphatic heterocycles. The molecule has 2 bridgehead atoms. The van der Waals surface area contributed by atoms with Gasteiger partial charge in [0.1, 0.15) is 11.6 Å². The number of aryl methyl sites for hydroxylation is 2. The lowest BCUT2D eigenvalue weighted by Gasteiger charge is -2.36. The van der Waals surface area contributed by atoms with Gasteiger partial charge < -0.3 is 25.4 Å². The van der Waals surface area contributed by atoms with Gasteiger partial charge in [-0.1, -0.05) is 32.0 Å². The van der Waals surface area contributed by atoms with Gasteiger partial charge in [0.05, 0.1) is 24.0 Å². The van der Waals surface area contributed by atoms with Crippen LogP contribution in [0.3, 0.4) is 0 Å². The van der Waals surface area contributed by atoms with E-state index in [9.17, 15) is 19.5 Å². The number of hydrogen-bond acceptors (Lipinski definition) is 5. The van der Waals surface area contributed by atoms with E-state index in [1.54, 1.807) is 0 Å². The standard InChI is InChI=1S/C25H35N3O5/c1-6-10-26-21(30)17-18-23(32)28(11-12-29)20(25(18)13-16(4)24(17,5)33-25)22(31)27-19-14(2)8-7-9-15(19)3/h7-9,16-18,20,29H,6,10-13H2,1-5H3,(H,26,30)(H,27,31)/t16?,17-,18-,20?,24+,25?/m0/s1.